The van der Waals surface area contributed by atoms with Crippen molar-refractivity contribution in [1.29, 1.82) is 0 Å². The molecule has 0 radical (unpaired) electrons. The van der Waals surface area contributed by atoms with Crippen LogP contribution in [-0.4, -0.2) is 0 Å². The molecule has 0 heterocycles. The van der Waals surface area contributed by atoms with Gasteiger partial charge in [-0.1, -0.05) is 27.5 Å². The second-order valence-electron chi connectivity index (χ2n) is 4.50. The van der Waals surface area contributed by atoms with Gasteiger partial charge in [0.25, 0.3) is 0 Å². The Morgan fingerprint density at radius 1 is 1.20 bits per heavy atom. The molecule has 0 aliphatic heterocycles. The van der Waals surface area contributed by atoms with E-state index >= 15 is 0 Å². The number of hydrogen-bond donors (Lipinski definition) is 1. The fraction of sp³-hybridized carbons (Fsp3) is 0.200. The average Bonchev–Trinajstić information content (AvgIpc) is 2.42. The Labute approximate surface area is 130 Å². The van der Waals surface area contributed by atoms with Gasteiger partial charge >= 0.3 is 0 Å². The molecule has 1 N–H and O–H groups in total. The van der Waals surface area contributed by atoms with Crippen LogP contribution in [0.1, 0.15) is 24.1 Å². The monoisotopic (exact) mass is 359 g/mol. The SMILES string of the molecule is CC(NCc1cc(Br)ccc1Cl)c1cc(F)ccc1F. The lowest BCUT2D eigenvalue weighted by Crippen LogP contribution is -2.19. The maximum absolute atomic E-state index is 13.6. The fourth-order valence-corrected chi connectivity index (χ4v) is 2.49. The van der Waals surface area contributed by atoms with E-state index in [1.54, 1.807) is 13.0 Å². The quantitative estimate of drug-likeness (QED) is 0.787. The van der Waals surface area contributed by atoms with Crippen LogP contribution in [0.4, 0.5) is 8.78 Å². The van der Waals surface area contributed by atoms with Gasteiger partial charge in [0.1, 0.15) is 11.6 Å². The second kappa shape index (κ2) is 6.66. The lowest BCUT2D eigenvalue weighted by molar-refractivity contribution is 0.518. The molecule has 0 aromatic heterocycles. The van der Waals surface area contributed by atoms with Crippen LogP contribution in [0.3, 0.4) is 0 Å². The van der Waals surface area contributed by atoms with Gasteiger partial charge in [-0.2, -0.15) is 0 Å². The third-order valence-corrected chi connectivity index (χ3v) is 3.89. The van der Waals surface area contributed by atoms with Gasteiger partial charge in [0.05, 0.1) is 0 Å². The van der Waals surface area contributed by atoms with Gasteiger partial charge in [-0.05, 0) is 48.9 Å². The van der Waals surface area contributed by atoms with E-state index in [1.807, 2.05) is 12.1 Å². The summed E-state index contributed by atoms with van der Waals surface area (Å²) in [5.74, 6) is -0.873. The minimum Gasteiger partial charge on any atom is -0.306 e. The van der Waals surface area contributed by atoms with E-state index < -0.39 is 11.6 Å². The predicted octanol–water partition coefficient (Wildman–Crippen LogP) is 5.23. The van der Waals surface area contributed by atoms with Gasteiger partial charge in [-0.3, -0.25) is 0 Å². The molecule has 0 bridgehead atoms. The zero-order chi connectivity index (χ0) is 14.7. The maximum Gasteiger partial charge on any atom is 0.128 e. The van der Waals surface area contributed by atoms with Crippen LogP contribution in [0.2, 0.25) is 5.02 Å². The van der Waals surface area contributed by atoms with Gasteiger partial charge in [-0.15, -0.1) is 0 Å². The average molecular weight is 361 g/mol. The Hall–Kier alpha value is -0.970. The molecule has 106 valence electrons. The van der Waals surface area contributed by atoms with Gasteiger partial charge in [0.15, 0.2) is 0 Å². The first-order chi connectivity index (χ1) is 9.47. The first-order valence-electron chi connectivity index (χ1n) is 6.09. The molecule has 1 unspecified atom stereocenters. The van der Waals surface area contributed by atoms with Gasteiger partial charge in [0.2, 0.25) is 0 Å². The lowest BCUT2D eigenvalue weighted by Gasteiger charge is -2.16. The maximum atomic E-state index is 13.6. The van der Waals surface area contributed by atoms with Gasteiger partial charge < -0.3 is 5.32 Å². The minimum atomic E-state index is -0.449. The van der Waals surface area contributed by atoms with Crippen LogP contribution in [0, 0.1) is 11.6 Å². The number of hydrogen-bond acceptors (Lipinski definition) is 1. The van der Waals surface area contributed by atoms with Crippen molar-refractivity contribution in [1.82, 2.24) is 5.32 Å². The van der Waals surface area contributed by atoms with E-state index in [1.165, 1.54) is 6.07 Å². The first kappa shape index (κ1) is 15.4. The topological polar surface area (TPSA) is 12.0 Å². The molecule has 0 aliphatic carbocycles. The van der Waals surface area contributed by atoms with Crippen molar-refractivity contribution in [3.05, 3.63) is 68.7 Å². The Balaban J connectivity index is 2.10. The van der Waals surface area contributed by atoms with Crippen LogP contribution < -0.4 is 5.32 Å². The highest BCUT2D eigenvalue weighted by atomic mass is 79.9. The van der Waals surface area contributed by atoms with Crippen molar-refractivity contribution in [2.24, 2.45) is 0 Å². The van der Waals surface area contributed by atoms with Crippen molar-refractivity contribution in [2.75, 3.05) is 0 Å². The lowest BCUT2D eigenvalue weighted by atomic mass is 10.1. The van der Waals surface area contributed by atoms with E-state index in [4.69, 9.17) is 11.6 Å². The molecule has 1 atom stereocenters. The highest BCUT2D eigenvalue weighted by Gasteiger charge is 2.12. The smallest absolute Gasteiger partial charge is 0.128 e. The van der Waals surface area contributed by atoms with Crippen LogP contribution in [0.5, 0.6) is 0 Å². The Morgan fingerprint density at radius 3 is 2.70 bits per heavy atom. The second-order valence-corrected chi connectivity index (χ2v) is 5.83. The highest BCUT2D eigenvalue weighted by Crippen LogP contribution is 2.23. The van der Waals surface area contributed by atoms with E-state index in [0.717, 1.165) is 22.2 Å². The molecule has 0 amide bonds. The van der Waals surface area contributed by atoms with Crippen molar-refractivity contribution in [2.45, 2.75) is 19.5 Å². The molecule has 2 aromatic carbocycles. The summed E-state index contributed by atoms with van der Waals surface area (Å²) < 4.78 is 27.7. The molecule has 2 aromatic rings. The Kier molecular flexibility index (Phi) is 5.13. The van der Waals surface area contributed by atoms with Gasteiger partial charge in [0, 0.05) is 27.6 Å². The summed E-state index contributed by atoms with van der Waals surface area (Å²) in [6.07, 6.45) is 0. The summed E-state index contributed by atoms with van der Waals surface area (Å²) in [4.78, 5) is 0. The van der Waals surface area contributed by atoms with Crippen molar-refractivity contribution < 1.29 is 8.78 Å². The van der Waals surface area contributed by atoms with E-state index in [2.05, 4.69) is 21.2 Å². The summed E-state index contributed by atoms with van der Waals surface area (Å²) in [6.45, 7) is 2.25. The summed E-state index contributed by atoms with van der Waals surface area (Å²) in [6, 6.07) is 8.66. The Bertz CT molecular complexity index is 619. The van der Waals surface area contributed by atoms with E-state index in [9.17, 15) is 8.78 Å². The molecule has 1 nitrogen and oxygen atoms in total. The summed E-state index contributed by atoms with van der Waals surface area (Å²) in [5.41, 5.74) is 1.20. The zero-order valence-corrected chi connectivity index (χ0v) is 13.1. The van der Waals surface area contributed by atoms with Crippen LogP contribution in [-0.2, 0) is 6.54 Å². The molecule has 0 spiro atoms. The molecular weight excluding hydrogens is 348 g/mol. The van der Waals surface area contributed by atoms with E-state index in [-0.39, 0.29) is 6.04 Å². The third kappa shape index (κ3) is 3.78. The van der Waals surface area contributed by atoms with Crippen LogP contribution in [0.15, 0.2) is 40.9 Å². The number of rotatable bonds is 4. The van der Waals surface area contributed by atoms with Crippen molar-refractivity contribution in [3.8, 4) is 0 Å². The fourth-order valence-electron chi connectivity index (χ4n) is 1.90. The third-order valence-electron chi connectivity index (χ3n) is 3.03. The molecule has 0 aliphatic rings. The standard InChI is InChI=1S/C15H13BrClF2N/c1-9(13-7-12(18)3-5-15(13)19)20-8-10-6-11(16)2-4-14(10)17/h2-7,9,20H,8H2,1H3. The normalized spacial score (nSPS) is 12.4. The molecule has 0 saturated heterocycles. The summed E-state index contributed by atoms with van der Waals surface area (Å²) >= 11 is 9.46. The number of nitrogens with one attached hydrogen (secondary N) is 1. The number of benzene rings is 2. The van der Waals surface area contributed by atoms with E-state index in [0.29, 0.717) is 17.1 Å². The largest absolute Gasteiger partial charge is 0.306 e. The van der Waals surface area contributed by atoms with Crippen molar-refractivity contribution in [3.63, 3.8) is 0 Å². The predicted molar refractivity (Wildman–Crippen MR) is 80.8 cm³/mol. The van der Waals surface area contributed by atoms with Crippen LogP contribution >= 0.6 is 27.5 Å². The highest BCUT2D eigenvalue weighted by molar-refractivity contribution is 9.10. The minimum absolute atomic E-state index is 0.302. The molecule has 0 saturated carbocycles. The Morgan fingerprint density at radius 2 is 1.95 bits per heavy atom. The molecular formula is C15H13BrClF2N. The summed E-state index contributed by atoms with van der Waals surface area (Å²) in [5, 5.41) is 3.77. The molecule has 0 fully saturated rings. The molecule has 5 heteroatoms. The van der Waals surface area contributed by atoms with Gasteiger partial charge in [-0.25, -0.2) is 8.78 Å². The molecule has 2 rings (SSSR count). The zero-order valence-electron chi connectivity index (χ0n) is 10.8. The molecule has 20 heavy (non-hydrogen) atoms. The van der Waals surface area contributed by atoms with Crippen LogP contribution in [0.25, 0.3) is 0 Å². The summed E-state index contributed by atoms with van der Waals surface area (Å²) in [7, 11) is 0. The number of halogens is 4. The van der Waals surface area contributed by atoms with Crippen molar-refractivity contribution >= 4 is 27.5 Å². The first-order valence-corrected chi connectivity index (χ1v) is 7.26.